The van der Waals surface area contributed by atoms with Gasteiger partial charge in [-0.25, -0.2) is 0 Å². The van der Waals surface area contributed by atoms with Crippen molar-refractivity contribution in [3.05, 3.63) is 46.0 Å². The van der Waals surface area contributed by atoms with Crippen molar-refractivity contribution in [3.8, 4) is 0 Å². The summed E-state index contributed by atoms with van der Waals surface area (Å²) in [4.78, 5) is 6.65. The molecule has 0 amide bonds. The molecule has 0 radical (unpaired) electrons. The van der Waals surface area contributed by atoms with Gasteiger partial charge in [0.2, 0.25) is 0 Å². The third-order valence-electron chi connectivity index (χ3n) is 4.33. The van der Waals surface area contributed by atoms with E-state index in [4.69, 9.17) is 0 Å². The van der Waals surface area contributed by atoms with Gasteiger partial charge in [-0.3, -0.25) is 0 Å². The number of aromatic amines is 2. The van der Waals surface area contributed by atoms with Crippen LogP contribution in [0.15, 0.2) is 12.1 Å². The maximum Gasteiger partial charge on any atom is 0.0754 e. The number of aromatic nitrogens is 2. The van der Waals surface area contributed by atoms with Crippen molar-refractivity contribution >= 4 is 0 Å². The second-order valence-corrected chi connectivity index (χ2v) is 6.91. The molecule has 0 aromatic carbocycles. The predicted molar refractivity (Wildman–Crippen MR) is 89.3 cm³/mol. The van der Waals surface area contributed by atoms with Gasteiger partial charge >= 0.3 is 0 Å². The SMILES string of the molecule is Cc1cc(C(c2cc(C)[nH]c2C)C(C)(O)CC(C)O)c(C)[nH]1. The summed E-state index contributed by atoms with van der Waals surface area (Å²) in [5.74, 6) is -0.183. The van der Waals surface area contributed by atoms with Gasteiger partial charge in [0.25, 0.3) is 0 Å². The Labute approximate surface area is 132 Å². The molecule has 2 aromatic heterocycles. The van der Waals surface area contributed by atoms with E-state index in [0.29, 0.717) is 6.42 Å². The maximum atomic E-state index is 11.1. The quantitative estimate of drug-likeness (QED) is 0.685. The molecule has 4 N–H and O–H groups in total. The predicted octanol–water partition coefficient (Wildman–Crippen LogP) is 3.23. The van der Waals surface area contributed by atoms with E-state index in [1.807, 2.05) is 34.6 Å². The van der Waals surface area contributed by atoms with Gasteiger partial charge in [-0.05, 0) is 64.8 Å². The summed E-state index contributed by atoms with van der Waals surface area (Å²) in [6, 6.07) is 4.19. The lowest BCUT2D eigenvalue weighted by Crippen LogP contribution is -2.37. The van der Waals surface area contributed by atoms with Crippen molar-refractivity contribution in [2.24, 2.45) is 0 Å². The molecule has 0 bridgehead atoms. The van der Waals surface area contributed by atoms with Crippen LogP contribution in [0.25, 0.3) is 0 Å². The Hall–Kier alpha value is -1.52. The number of nitrogens with one attached hydrogen (secondary N) is 2. The van der Waals surface area contributed by atoms with Gasteiger partial charge in [0.1, 0.15) is 0 Å². The van der Waals surface area contributed by atoms with Gasteiger partial charge in [0.05, 0.1) is 11.7 Å². The van der Waals surface area contributed by atoms with E-state index >= 15 is 0 Å². The van der Waals surface area contributed by atoms with Crippen LogP contribution in [-0.2, 0) is 0 Å². The Morgan fingerprint density at radius 2 is 1.41 bits per heavy atom. The van der Waals surface area contributed by atoms with E-state index in [-0.39, 0.29) is 5.92 Å². The third-order valence-corrected chi connectivity index (χ3v) is 4.33. The summed E-state index contributed by atoms with van der Waals surface area (Å²) in [5, 5.41) is 20.9. The zero-order valence-corrected chi connectivity index (χ0v) is 14.4. The van der Waals surface area contributed by atoms with Crippen LogP contribution in [0.4, 0.5) is 0 Å². The molecule has 4 nitrogen and oxygen atoms in total. The average Bonchev–Trinajstić information content (AvgIpc) is 2.81. The molecule has 0 aliphatic carbocycles. The van der Waals surface area contributed by atoms with E-state index < -0.39 is 11.7 Å². The fraction of sp³-hybridized carbons (Fsp3) is 0.556. The lowest BCUT2D eigenvalue weighted by molar-refractivity contribution is -0.00376. The minimum atomic E-state index is -1.03. The first-order valence-corrected chi connectivity index (χ1v) is 7.84. The summed E-state index contributed by atoms with van der Waals surface area (Å²) in [5.41, 5.74) is 5.42. The summed E-state index contributed by atoms with van der Waals surface area (Å²) < 4.78 is 0. The zero-order valence-electron chi connectivity index (χ0n) is 14.4. The molecule has 0 aliphatic heterocycles. The normalized spacial score (nSPS) is 16.0. The van der Waals surface area contributed by atoms with Crippen molar-refractivity contribution in [1.82, 2.24) is 9.97 Å². The minimum Gasteiger partial charge on any atom is -0.393 e. The highest BCUT2D eigenvalue weighted by Gasteiger charge is 2.38. The van der Waals surface area contributed by atoms with Gasteiger partial charge in [-0.2, -0.15) is 0 Å². The molecular formula is C18H28N2O2. The molecule has 0 spiro atoms. The van der Waals surface area contributed by atoms with E-state index in [1.165, 1.54) is 0 Å². The van der Waals surface area contributed by atoms with Gasteiger partial charge in [-0.1, -0.05) is 0 Å². The molecule has 2 rings (SSSR count). The van der Waals surface area contributed by atoms with Crippen molar-refractivity contribution < 1.29 is 10.2 Å². The number of aliphatic hydroxyl groups excluding tert-OH is 1. The van der Waals surface area contributed by atoms with E-state index in [0.717, 1.165) is 33.9 Å². The van der Waals surface area contributed by atoms with Crippen LogP contribution in [-0.4, -0.2) is 31.9 Å². The fourth-order valence-electron chi connectivity index (χ4n) is 3.64. The second kappa shape index (κ2) is 5.94. The number of aliphatic hydroxyl groups is 2. The maximum absolute atomic E-state index is 11.1. The molecule has 22 heavy (non-hydrogen) atoms. The lowest BCUT2D eigenvalue weighted by Gasteiger charge is -2.34. The summed E-state index contributed by atoms with van der Waals surface area (Å²) in [7, 11) is 0. The Morgan fingerprint density at radius 3 is 1.68 bits per heavy atom. The van der Waals surface area contributed by atoms with Gasteiger partial charge in [0.15, 0.2) is 0 Å². The number of aryl methyl sites for hydroxylation is 4. The van der Waals surface area contributed by atoms with Crippen molar-refractivity contribution in [3.63, 3.8) is 0 Å². The van der Waals surface area contributed by atoms with Crippen LogP contribution < -0.4 is 0 Å². The molecule has 2 heterocycles. The van der Waals surface area contributed by atoms with Crippen LogP contribution >= 0.6 is 0 Å². The van der Waals surface area contributed by atoms with Gasteiger partial charge in [-0.15, -0.1) is 0 Å². The van der Waals surface area contributed by atoms with Crippen LogP contribution in [0.3, 0.4) is 0 Å². The first-order chi connectivity index (χ1) is 10.1. The Kier molecular flexibility index (Phi) is 4.54. The van der Waals surface area contributed by atoms with Crippen LogP contribution in [0.2, 0.25) is 0 Å². The Morgan fingerprint density at radius 1 is 1.00 bits per heavy atom. The standard InChI is InChI=1S/C18H28N2O2/c1-10-7-15(13(4)19-10)17(18(6,22)9-12(3)21)16-8-11(2)20-14(16)5/h7-8,12,17,19-22H,9H2,1-6H3. The minimum absolute atomic E-state index is 0.183. The number of hydrogen-bond acceptors (Lipinski definition) is 2. The highest BCUT2D eigenvalue weighted by atomic mass is 16.3. The van der Waals surface area contributed by atoms with Crippen molar-refractivity contribution in [2.75, 3.05) is 0 Å². The molecule has 0 fully saturated rings. The smallest absolute Gasteiger partial charge is 0.0754 e. The highest BCUT2D eigenvalue weighted by Crippen LogP contribution is 2.41. The largest absolute Gasteiger partial charge is 0.393 e. The lowest BCUT2D eigenvalue weighted by atomic mass is 9.75. The van der Waals surface area contributed by atoms with Gasteiger partial charge < -0.3 is 20.2 Å². The molecule has 0 aliphatic rings. The zero-order chi connectivity index (χ0) is 16.7. The van der Waals surface area contributed by atoms with E-state index in [2.05, 4.69) is 22.1 Å². The molecule has 122 valence electrons. The second-order valence-electron chi connectivity index (χ2n) is 6.91. The monoisotopic (exact) mass is 304 g/mol. The van der Waals surface area contributed by atoms with Crippen molar-refractivity contribution in [2.45, 2.75) is 65.6 Å². The first-order valence-electron chi connectivity index (χ1n) is 7.84. The third kappa shape index (κ3) is 3.28. The summed E-state index contributed by atoms with van der Waals surface area (Å²) in [6.07, 6.45) is -0.233. The molecule has 2 atom stereocenters. The Balaban J connectivity index is 2.59. The molecule has 0 saturated heterocycles. The number of H-pyrrole nitrogens is 2. The number of hydrogen-bond donors (Lipinski definition) is 4. The Bertz CT molecular complexity index is 604. The summed E-state index contributed by atoms with van der Waals surface area (Å²) >= 11 is 0. The molecule has 4 heteroatoms. The van der Waals surface area contributed by atoms with Crippen molar-refractivity contribution in [1.29, 1.82) is 0 Å². The topological polar surface area (TPSA) is 72.0 Å². The van der Waals surface area contributed by atoms with Crippen LogP contribution in [0.5, 0.6) is 0 Å². The van der Waals surface area contributed by atoms with Crippen LogP contribution in [0, 0.1) is 27.7 Å². The van der Waals surface area contributed by atoms with Crippen LogP contribution in [0.1, 0.15) is 60.1 Å². The number of rotatable bonds is 5. The molecular weight excluding hydrogens is 276 g/mol. The first kappa shape index (κ1) is 16.8. The average molecular weight is 304 g/mol. The molecule has 0 saturated carbocycles. The van der Waals surface area contributed by atoms with E-state index in [9.17, 15) is 10.2 Å². The molecule has 2 unspecified atom stereocenters. The highest BCUT2D eigenvalue weighted by molar-refractivity contribution is 5.42. The molecule has 2 aromatic rings. The fourth-order valence-corrected chi connectivity index (χ4v) is 3.64. The van der Waals surface area contributed by atoms with Gasteiger partial charge in [0, 0.05) is 35.1 Å². The van der Waals surface area contributed by atoms with E-state index in [1.54, 1.807) is 6.92 Å². The summed E-state index contributed by atoms with van der Waals surface area (Å²) in [6.45, 7) is 11.6.